The molecular formula is C24H34N6O5S. The van der Waals surface area contributed by atoms with E-state index in [1.807, 2.05) is 25.1 Å². The summed E-state index contributed by atoms with van der Waals surface area (Å²) >= 11 is 4.16. The molecule has 0 saturated carbocycles. The number of aromatic nitrogens is 2. The fourth-order valence-electron chi connectivity index (χ4n) is 3.47. The molecule has 7 N–H and O–H groups in total. The number of hydrogen-bond acceptors (Lipinski definition) is 7. The number of imidazole rings is 1. The number of carboxylic acids is 1. The molecule has 0 radical (unpaired) electrons. The predicted molar refractivity (Wildman–Crippen MR) is 137 cm³/mol. The number of thiol groups is 1. The van der Waals surface area contributed by atoms with Crippen LogP contribution in [-0.2, 0) is 32.0 Å². The number of carbonyl (C=O) groups is 4. The monoisotopic (exact) mass is 518 g/mol. The van der Waals surface area contributed by atoms with Crippen molar-refractivity contribution in [1.82, 2.24) is 25.9 Å². The number of H-pyrrole nitrogens is 1. The molecule has 0 aliphatic heterocycles. The number of benzene rings is 1. The largest absolute Gasteiger partial charge is 0.480 e. The average molecular weight is 519 g/mol. The first-order valence-corrected chi connectivity index (χ1v) is 12.3. The molecule has 0 aliphatic carbocycles. The van der Waals surface area contributed by atoms with Gasteiger partial charge in [0.05, 0.1) is 12.4 Å². The van der Waals surface area contributed by atoms with Gasteiger partial charge in [0.2, 0.25) is 17.7 Å². The van der Waals surface area contributed by atoms with Crippen LogP contribution in [-0.4, -0.2) is 68.7 Å². The van der Waals surface area contributed by atoms with Crippen molar-refractivity contribution in [2.45, 2.75) is 57.3 Å². The summed E-state index contributed by atoms with van der Waals surface area (Å²) in [7, 11) is 0. The molecule has 2 aromatic rings. The number of aliphatic carboxylic acids is 1. The minimum absolute atomic E-state index is 0.0737. The number of hydrogen-bond donors (Lipinski definition) is 7. The van der Waals surface area contributed by atoms with E-state index in [1.54, 1.807) is 25.3 Å². The Morgan fingerprint density at radius 1 is 1.03 bits per heavy atom. The van der Waals surface area contributed by atoms with Gasteiger partial charge >= 0.3 is 5.97 Å². The Labute approximate surface area is 215 Å². The number of carbonyl (C=O) groups excluding carboxylic acids is 3. The van der Waals surface area contributed by atoms with Crippen molar-refractivity contribution in [1.29, 1.82) is 0 Å². The van der Waals surface area contributed by atoms with Gasteiger partial charge < -0.3 is 31.8 Å². The number of nitrogens with zero attached hydrogens (tertiary/aromatic N) is 1. The normalized spacial score (nSPS) is 15.1. The van der Waals surface area contributed by atoms with Crippen LogP contribution in [0.5, 0.6) is 0 Å². The van der Waals surface area contributed by atoms with Crippen molar-refractivity contribution in [3.8, 4) is 0 Å². The van der Waals surface area contributed by atoms with Crippen molar-refractivity contribution in [2.24, 2.45) is 11.7 Å². The van der Waals surface area contributed by atoms with Gasteiger partial charge in [0.25, 0.3) is 0 Å². The molecule has 11 nitrogen and oxygen atoms in total. The molecule has 2 rings (SSSR count). The third kappa shape index (κ3) is 8.68. The smallest absolute Gasteiger partial charge is 0.326 e. The first-order chi connectivity index (χ1) is 17.2. The summed E-state index contributed by atoms with van der Waals surface area (Å²) in [4.78, 5) is 57.1. The Morgan fingerprint density at radius 3 is 2.22 bits per heavy atom. The van der Waals surface area contributed by atoms with Crippen LogP contribution in [0.2, 0.25) is 0 Å². The van der Waals surface area contributed by atoms with Gasteiger partial charge in [-0.3, -0.25) is 14.4 Å². The lowest BCUT2D eigenvalue weighted by Crippen LogP contribution is -2.58. The minimum Gasteiger partial charge on any atom is -0.480 e. The lowest BCUT2D eigenvalue weighted by Gasteiger charge is -2.26. The van der Waals surface area contributed by atoms with E-state index in [4.69, 9.17) is 5.73 Å². The second-order valence-corrected chi connectivity index (χ2v) is 8.96. The van der Waals surface area contributed by atoms with Gasteiger partial charge in [-0.05, 0) is 11.5 Å². The number of carboxylic acid groups (broad SMARTS) is 1. The summed E-state index contributed by atoms with van der Waals surface area (Å²) in [5.74, 6) is -3.39. The Balaban J connectivity index is 2.13. The number of amides is 3. The summed E-state index contributed by atoms with van der Waals surface area (Å²) < 4.78 is 0. The Kier molecular flexibility index (Phi) is 11.4. The number of nitrogens with two attached hydrogens (primary N) is 1. The number of nitrogens with one attached hydrogen (secondary N) is 4. The van der Waals surface area contributed by atoms with Gasteiger partial charge in [-0.2, -0.15) is 12.6 Å². The minimum atomic E-state index is -1.16. The molecule has 5 unspecified atom stereocenters. The van der Waals surface area contributed by atoms with E-state index in [2.05, 4.69) is 38.5 Å². The number of rotatable bonds is 14. The summed E-state index contributed by atoms with van der Waals surface area (Å²) in [6.45, 7) is 3.53. The molecule has 196 valence electrons. The van der Waals surface area contributed by atoms with Crippen LogP contribution in [0.15, 0.2) is 42.9 Å². The van der Waals surface area contributed by atoms with Gasteiger partial charge in [-0.15, -0.1) is 0 Å². The zero-order chi connectivity index (χ0) is 26.7. The van der Waals surface area contributed by atoms with Crippen LogP contribution in [0.1, 0.15) is 31.5 Å². The summed E-state index contributed by atoms with van der Waals surface area (Å²) in [6.07, 6.45) is 3.92. The van der Waals surface area contributed by atoms with Crippen LogP contribution in [0.4, 0.5) is 0 Å². The van der Waals surface area contributed by atoms with E-state index >= 15 is 0 Å². The van der Waals surface area contributed by atoms with Crippen molar-refractivity contribution < 1.29 is 24.3 Å². The maximum atomic E-state index is 13.2. The van der Waals surface area contributed by atoms with Crippen LogP contribution in [0, 0.1) is 5.92 Å². The molecule has 1 heterocycles. The SMILES string of the molecule is CCC(C)C(NC(=O)C(CS)NC(=O)C(Cc1ccccc1)NC(=O)C(N)Cc1cnc[nH]1)C(=O)O. The van der Waals surface area contributed by atoms with E-state index in [1.165, 1.54) is 6.33 Å². The second kappa shape index (κ2) is 14.2. The van der Waals surface area contributed by atoms with Crippen molar-refractivity contribution in [2.75, 3.05) is 5.75 Å². The molecule has 3 amide bonds. The van der Waals surface area contributed by atoms with Gasteiger partial charge in [-0.25, -0.2) is 9.78 Å². The van der Waals surface area contributed by atoms with Gasteiger partial charge in [0, 0.05) is 30.5 Å². The Bertz CT molecular complexity index is 1000. The van der Waals surface area contributed by atoms with Crippen molar-refractivity contribution in [3.63, 3.8) is 0 Å². The van der Waals surface area contributed by atoms with E-state index in [9.17, 15) is 24.3 Å². The summed E-state index contributed by atoms with van der Waals surface area (Å²) in [6, 6.07) is 4.87. The van der Waals surface area contributed by atoms with Crippen molar-refractivity contribution in [3.05, 3.63) is 54.1 Å². The number of aromatic amines is 1. The zero-order valence-corrected chi connectivity index (χ0v) is 21.2. The van der Waals surface area contributed by atoms with Crippen LogP contribution in [0.3, 0.4) is 0 Å². The standard InChI is InChI=1S/C24H34N6O5S/c1-3-14(2)20(24(34)35)30-23(33)19(12-36)29-22(32)18(9-15-7-5-4-6-8-15)28-21(31)17(25)10-16-11-26-13-27-16/h4-8,11,13-14,17-20,36H,3,9-10,12,25H2,1-2H3,(H,26,27)(H,28,31)(H,29,32)(H,30,33)(H,34,35). The highest BCUT2D eigenvalue weighted by molar-refractivity contribution is 7.80. The fraction of sp³-hybridized carbons (Fsp3) is 0.458. The van der Waals surface area contributed by atoms with E-state index in [0.717, 1.165) is 5.56 Å². The topological polar surface area (TPSA) is 179 Å². The maximum absolute atomic E-state index is 13.2. The van der Waals surface area contributed by atoms with Crippen LogP contribution >= 0.6 is 12.6 Å². The molecule has 1 aromatic heterocycles. The van der Waals surface area contributed by atoms with E-state index < -0.39 is 47.9 Å². The molecule has 0 aliphatic rings. The quantitative estimate of drug-likeness (QED) is 0.172. The zero-order valence-electron chi connectivity index (χ0n) is 20.3. The van der Waals surface area contributed by atoms with Gasteiger partial charge in [0.1, 0.15) is 18.1 Å². The highest BCUT2D eigenvalue weighted by Gasteiger charge is 2.31. The molecule has 0 bridgehead atoms. The van der Waals surface area contributed by atoms with Crippen molar-refractivity contribution >= 4 is 36.3 Å². The molecule has 5 atom stereocenters. The van der Waals surface area contributed by atoms with Gasteiger partial charge in [0.15, 0.2) is 0 Å². The molecular weight excluding hydrogens is 484 g/mol. The molecule has 0 spiro atoms. The highest BCUT2D eigenvalue weighted by Crippen LogP contribution is 2.09. The van der Waals surface area contributed by atoms with E-state index in [-0.39, 0.29) is 24.5 Å². The molecule has 36 heavy (non-hydrogen) atoms. The predicted octanol–water partition coefficient (Wildman–Crippen LogP) is 0.0371. The first-order valence-electron chi connectivity index (χ1n) is 11.7. The average Bonchev–Trinajstić information content (AvgIpc) is 3.38. The summed E-state index contributed by atoms with van der Waals surface area (Å²) in [5.41, 5.74) is 7.48. The van der Waals surface area contributed by atoms with Gasteiger partial charge in [-0.1, -0.05) is 50.6 Å². The first kappa shape index (κ1) is 28.9. The maximum Gasteiger partial charge on any atom is 0.326 e. The lowest BCUT2D eigenvalue weighted by atomic mass is 9.99. The Hall–Kier alpha value is -3.38. The summed E-state index contributed by atoms with van der Waals surface area (Å²) in [5, 5.41) is 17.2. The molecule has 0 fully saturated rings. The highest BCUT2D eigenvalue weighted by atomic mass is 32.1. The molecule has 1 aromatic carbocycles. The molecule has 12 heteroatoms. The van der Waals surface area contributed by atoms with Crippen LogP contribution in [0.25, 0.3) is 0 Å². The van der Waals surface area contributed by atoms with E-state index in [0.29, 0.717) is 12.1 Å². The Morgan fingerprint density at radius 2 is 1.67 bits per heavy atom. The lowest BCUT2D eigenvalue weighted by molar-refractivity contribution is -0.143. The fourth-order valence-corrected chi connectivity index (χ4v) is 3.72. The molecule has 0 saturated heterocycles. The third-order valence-electron chi connectivity index (χ3n) is 5.84. The third-order valence-corrected chi connectivity index (χ3v) is 6.20. The second-order valence-electron chi connectivity index (χ2n) is 8.59. The van der Waals surface area contributed by atoms with Crippen LogP contribution < -0.4 is 21.7 Å².